The number of carbonyl (C=O) groups is 3. The van der Waals surface area contributed by atoms with Gasteiger partial charge in [-0.1, -0.05) is 48.5 Å². The SMILES string of the molecule is CC(C)(C)OC(=O)[C@@H]1CN(C(=O)OCC2c3ccccc3-c3ccccc32)C(N)[C@@H]1NCC(=O)O. The monoisotopic (exact) mass is 481 g/mol. The molecule has 4 N–H and O–H groups in total. The zero-order chi connectivity index (χ0) is 25.3. The molecular weight excluding hydrogens is 450 g/mol. The molecule has 1 unspecified atom stereocenters. The zero-order valence-electron chi connectivity index (χ0n) is 20.1. The molecule has 35 heavy (non-hydrogen) atoms. The molecule has 2 aliphatic rings. The number of ether oxygens (including phenoxy) is 2. The van der Waals surface area contributed by atoms with Crippen LogP contribution < -0.4 is 11.1 Å². The summed E-state index contributed by atoms with van der Waals surface area (Å²) < 4.78 is 11.2. The Balaban J connectivity index is 1.49. The molecule has 9 nitrogen and oxygen atoms in total. The van der Waals surface area contributed by atoms with Crippen LogP contribution in [0.15, 0.2) is 48.5 Å². The van der Waals surface area contributed by atoms with Crippen LogP contribution in [-0.4, -0.2) is 65.5 Å². The lowest BCUT2D eigenvalue weighted by atomic mass is 9.98. The minimum atomic E-state index is -1.10. The summed E-state index contributed by atoms with van der Waals surface area (Å²) >= 11 is 0. The molecule has 0 bridgehead atoms. The second-order valence-electron chi connectivity index (χ2n) is 9.89. The molecule has 2 aromatic carbocycles. The van der Waals surface area contributed by atoms with E-state index in [1.54, 1.807) is 20.8 Å². The van der Waals surface area contributed by atoms with Gasteiger partial charge < -0.3 is 25.6 Å². The van der Waals surface area contributed by atoms with E-state index < -0.39 is 48.3 Å². The molecule has 9 heteroatoms. The summed E-state index contributed by atoms with van der Waals surface area (Å²) in [6.07, 6.45) is -1.62. The number of hydrogen-bond donors (Lipinski definition) is 3. The van der Waals surface area contributed by atoms with Crippen LogP contribution in [0.2, 0.25) is 0 Å². The number of likely N-dealkylation sites (tertiary alicyclic amines) is 1. The van der Waals surface area contributed by atoms with Crippen LogP contribution in [0.1, 0.15) is 37.8 Å². The number of carboxylic acids is 1. The minimum Gasteiger partial charge on any atom is -0.480 e. The van der Waals surface area contributed by atoms with Crippen LogP contribution in [0, 0.1) is 5.92 Å². The van der Waals surface area contributed by atoms with Gasteiger partial charge in [0.1, 0.15) is 12.2 Å². The van der Waals surface area contributed by atoms with Gasteiger partial charge in [-0.15, -0.1) is 0 Å². The first-order valence-electron chi connectivity index (χ1n) is 11.6. The zero-order valence-corrected chi connectivity index (χ0v) is 20.1. The van der Waals surface area contributed by atoms with Crippen molar-refractivity contribution in [2.24, 2.45) is 11.7 Å². The molecule has 1 saturated heterocycles. The average Bonchev–Trinajstić information content (AvgIpc) is 3.30. The summed E-state index contributed by atoms with van der Waals surface area (Å²) in [6, 6.07) is 15.2. The molecule has 0 spiro atoms. The highest BCUT2D eigenvalue weighted by atomic mass is 16.6. The largest absolute Gasteiger partial charge is 0.480 e. The van der Waals surface area contributed by atoms with Gasteiger partial charge in [0.15, 0.2) is 0 Å². The topological polar surface area (TPSA) is 131 Å². The number of carboxylic acid groups (broad SMARTS) is 1. The van der Waals surface area contributed by atoms with E-state index in [2.05, 4.69) is 17.4 Å². The van der Waals surface area contributed by atoms with E-state index in [1.807, 2.05) is 36.4 Å². The van der Waals surface area contributed by atoms with Gasteiger partial charge in [0.05, 0.1) is 24.7 Å². The van der Waals surface area contributed by atoms with E-state index in [0.717, 1.165) is 22.3 Å². The molecule has 1 aliphatic carbocycles. The van der Waals surface area contributed by atoms with Gasteiger partial charge in [-0.25, -0.2) is 4.79 Å². The number of fused-ring (bicyclic) bond motifs is 3. The molecule has 1 amide bonds. The van der Waals surface area contributed by atoms with Crippen molar-refractivity contribution in [1.82, 2.24) is 10.2 Å². The highest BCUT2D eigenvalue weighted by Crippen LogP contribution is 2.44. The molecule has 2 aromatic rings. The number of amides is 1. The highest BCUT2D eigenvalue weighted by molar-refractivity contribution is 5.80. The van der Waals surface area contributed by atoms with Crippen molar-refractivity contribution in [3.8, 4) is 11.1 Å². The van der Waals surface area contributed by atoms with E-state index in [0.29, 0.717) is 0 Å². The Morgan fingerprint density at radius 3 is 2.17 bits per heavy atom. The fourth-order valence-electron chi connectivity index (χ4n) is 4.82. The van der Waals surface area contributed by atoms with Crippen molar-refractivity contribution < 1.29 is 29.0 Å². The number of rotatable bonds is 6. The van der Waals surface area contributed by atoms with E-state index in [9.17, 15) is 14.4 Å². The Morgan fingerprint density at radius 2 is 1.63 bits per heavy atom. The van der Waals surface area contributed by atoms with Crippen LogP contribution in [-0.2, 0) is 19.1 Å². The maximum absolute atomic E-state index is 13.1. The lowest BCUT2D eigenvalue weighted by Crippen LogP contribution is -2.53. The summed E-state index contributed by atoms with van der Waals surface area (Å²) in [5, 5.41) is 11.9. The molecule has 3 atom stereocenters. The number of esters is 1. The second-order valence-corrected chi connectivity index (χ2v) is 9.89. The van der Waals surface area contributed by atoms with Gasteiger partial charge in [0.2, 0.25) is 0 Å². The first-order chi connectivity index (χ1) is 16.6. The van der Waals surface area contributed by atoms with Crippen LogP contribution >= 0.6 is 0 Å². The number of nitrogens with two attached hydrogens (primary N) is 1. The fourth-order valence-corrected chi connectivity index (χ4v) is 4.82. The molecule has 0 aromatic heterocycles. The summed E-state index contributed by atoms with van der Waals surface area (Å²) in [5.41, 5.74) is 9.96. The van der Waals surface area contributed by atoms with Gasteiger partial charge in [-0.3, -0.25) is 14.5 Å². The standard InChI is InChI=1S/C26H31N3O6/c1-26(2,3)35-24(32)19-13-29(23(27)22(19)28-12-21(30)31)25(33)34-14-20-17-10-6-4-8-15(17)16-9-5-7-11-18(16)20/h4-11,19-20,22-23,28H,12-14,27H2,1-3H3,(H,30,31)/t19-,22-,23?/m1/s1. The average molecular weight is 482 g/mol. The maximum Gasteiger partial charge on any atom is 0.411 e. The van der Waals surface area contributed by atoms with Gasteiger partial charge in [0, 0.05) is 12.5 Å². The lowest BCUT2D eigenvalue weighted by molar-refractivity contribution is -0.160. The van der Waals surface area contributed by atoms with Crippen LogP contribution in [0.3, 0.4) is 0 Å². The second kappa shape index (κ2) is 9.67. The first kappa shape index (κ1) is 24.7. The summed E-state index contributed by atoms with van der Waals surface area (Å²) in [4.78, 5) is 38.3. The van der Waals surface area contributed by atoms with E-state index in [1.165, 1.54) is 4.90 Å². The van der Waals surface area contributed by atoms with Crippen molar-refractivity contribution >= 4 is 18.0 Å². The van der Waals surface area contributed by atoms with Crippen molar-refractivity contribution in [3.05, 3.63) is 59.7 Å². The predicted molar refractivity (Wildman–Crippen MR) is 129 cm³/mol. The van der Waals surface area contributed by atoms with Gasteiger partial charge in [0.25, 0.3) is 0 Å². The molecule has 1 heterocycles. The third-order valence-electron chi connectivity index (χ3n) is 6.32. The summed E-state index contributed by atoms with van der Waals surface area (Å²) in [6.45, 7) is 4.88. The number of aliphatic carboxylic acids is 1. The van der Waals surface area contributed by atoms with Gasteiger partial charge >= 0.3 is 18.0 Å². The number of hydrogen-bond acceptors (Lipinski definition) is 7. The Hall–Kier alpha value is -3.43. The van der Waals surface area contributed by atoms with Gasteiger partial charge in [-0.05, 0) is 43.0 Å². The third-order valence-corrected chi connectivity index (χ3v) is 6.32. The normalized spacial score (nSPS) is 21.4. The summed E-state index contributed by atoms with van der Waals surface area (Å²) in [7, 11) is 0. The number of nitrogens with zero attached hydrogens (tertiary/aromatic N) is 1. The molecule has 0 saturated carbocycles. The molecule has 0 radical (unpaired) electrons. The van der Waals surface area contributed by atoms with Crippen molar-refractivity contribution in [1.29, 1.82) is 0 Å². The lowest BCUT2D eigenvalue weighted by Gasteiger charge is -2.26. The van der Waals surface area contributed by atoms with Crippen molar-refractivity contribution in [2.45, 2.75) is 44.5 Å². The Bertz CT molecular complexity index is 1080. The predicted octanol–water partition coefficient (Wildman–Crippen LogP) is 2.54. The van der Waals surface area contributed by atoms with Crippen molar-refractivity contribution in [3.63, 3.8) is 0 Å². The van der Waals surface area contributed by atoms with Crippen LogP contribution in [0.4, 0.5) is 4.79 Å². The minimum absolute atomic E-state index is 0.0377. The third kappa shape index (κ3) is 5.16. The Labute approximate surface area is 204 Å². The first-order valence-corrected chi connectivity index (χ1v) is 11.6. The Kier molecular flexibility index (Phi) is 6.82. The number of carbonyl (C=O) groups excluding carboxylic acids is 2. The molecule has 186 valence electrons. The van der Waals surface area contributed by atoms with E-state index >= 15 is 0 Å². The van der Waals surface area contributed by atoms with Gasteiger partial charge in [-0.2, -0.15) is 0 Å². The molecule has 1 fully saturated rings. The quantitative estimate of drug-likeness (QED) is 0.537. The van der Waals surface area contributed by atoms with E-state index in [4.69, 9.17) is 20.3 Å². The van der Waals surface area contributed by atoms with Crippen LogP contribution in [0.25, 0.3) is 11.1 Å². The Morgan fingerprint density at radius 1 is 1.06 bits per heavy atom. The summed E-state index contributed by atoms with van der Waals surface area (Å²) in [5.74, 6) is -2.60. The van der Waals surface area contributed by atoms with Crippen LogP contribution in [0.5, 0.6) is 0 Å². The smallest absolute Gasteiger partial charge is 0.411 e. The molecule has 4 rings (SSSR count). The fraction of sp³-hybridized carbons (Fsp3) is 0.423. The van der Waals surface area contributed by atoms with E-state index in [-0.39, 0.29) is 19.1 Å². The number of benzene rings is 2. The molecular formula is C26H31N3O6. The van der Waals surface area contributed by atoms with Crippen molar-refractivity contribution in [2.75, 3.05) is 19.7 Å². The highest BCUT2D eigenvalue weighted by Gasteiger charge is 2.48. The number of nitrogens with one attached hydrogen (secondary N) is 1. The molecule has 1 aliphatic heterocycles. The maximum atomic E-state index is 13.1.